The highest BCUT2D eigenvalue weighted by Gasteiger charge is 2.20. The molecule has 1 aromatic carbocycles. The largest absolute Gasteiger partial charge is 0.349 e. The summed E-state index contributed by atoms with van der Waals surface area (Å²) < 4.78 is 1.72. The lowest BCUT2D eigenvalue weighted by atomic mass is 9.94. The van der Waals surface area contributed by atoms with Crippen molar-refractivity contribution in [1.29, 1.82) is 0 Å². The Hall–Kier alpha value is -2.14. The van der Waals surface area contributed by atoms with Gasteiger partial charge in [0.05, 0.1) is 12.5 Å². The second-order valence-corrected chi connectivity index (χ2v) is 5.06. The molecule has 0 saturated heterocycles. The maximum atomic E-state index is 12.1. The second-order valence-electron chi connectivity index (χ2n) is 5.06. The highest BCUT2D eigenvalue weighted by atomic mass is 16.1. The minimum atomic E-state index is -0.0881. The van der Waals surface area contributed by atoms with Gasteiger partial charge in [0.1, 0.15) is 5.69 Å². The van der Waals surface area contributed by atoms with Crippen LogP contribution in [-0.4, -0.2) is 28.5 Å². The highest BCUT2D eigenvalue weighted by molar-refractivity contribution is 5.92. The average molecular weight is 270 g/mol. The van der Waals surface area contributed by atoms with E-state index in [0.717, 1.165) is 13.0 Å². The number of fused-ring (bicyclic) bond motifs is 1. The number of nitrogens with one attached hydrogen (secondary N) is 2. The third kappa shape index (κ3) is 2.44. The van der Waals surface area contributed by atoms with E-state index in [2.05, 4.69) is 33.8 Å². The molecule has 0 spiro atoms. The first-order chi connectivity index (χ1) is 9.75. The molecule has 20 heavy (non-hydrogen) atoms. The Morgan fingerprint density at radius 1 is 1.50 bits per heavy atom. The van der Waals surface area contributed by atoms with E-state index in [0.29, 0.717) is 12.2 Å². The molecule has 1 aliphatic rings. The molecule has 2 heterocycles. The Morgan fingerprint density at radius 2 is 2.35 bits per heavy atom. The molecule has 1 atom stereocenters. The van der Waals surface area contributed by atoms with Crippen LogP contribution in [0, 0.1) is 0 Å². The van der Waals surface area contributed by atoms with Gasteiger partial charge in [-0.1, -0.05) is 24.3 Å². The molecule has 0 fully saturated rings. The number of rotatable bonds is 3. The summed E-state index contributed by atoms with van der Waals surface area (Å²) in [5, 5.41) is 6.43. The summed E-state index contributed by atoms with van der Waals surface area (Å²) in [5.74, 6) is -0.0881. The smallest absolute Gasteiger partial charge is 0.269 e. The monoisotopic (exact) mass is 270 g/mol. The van der Waals surface area contributed by atoms with Crippen LogP contribution in [0.1, 0.15) is 27.7 Å². The van der Waals surface area contributed by atoms with Crippen LogP contribution in [0.3, 0.4) is 0 Å². The van der Waals surface area contributed by atoms with Crippen LogP contribution in [0.4, 0.5) is 0 Å². The maximum absolute atomic E-state index is 12.1. The van der Waals surface area contributed by atoms with E-state index in [-0.39, 0.29) is 11.9 Å². The van der Waals surface area contributed by atoms with Crippen molar-refractivity contribution in [3.8, 4) is 0 Å². The molecule has 1 amide bonds. The van der Waals surface area contributed by atoms with Crippen LogP contribution in [0.25, 0.3) is 0 Å². The van der Waals surface area contributed by atoms with Crippen molar-refractivity contribution >= 4 is 5.91 Å². The van der Waals surface area contributed by atoms with E-state index in [1.165, 1.54) is 11.1 Å². The topological polar surface area (TPSA) is 59.0 Å². The Labute approximate surface area is 118 Å². The quantitative estimate of drug-likeness (QED) is 0.876. The first-order valence-corrected chi connectivity index (χ1v) is 6.81. The summed E-state index contributed by atoms with van der Waals surface area (Å²) in [5.41, 5.74) is 3.23. The number of carbonyl (C=O) groups is 1. The molecule has 1 aromatic heterocycles. The molecule has 5 nitrogen and oxygen atoms in total. The lowest BCUT2D eigenvalue weighted by Gasteiger charge is -2.27. The number of aromatic nitrogens is 2. The zero-order chi connectivity index (χ0) is 13.9. The Morgan fingerprint density at radius 3 is 3.15 bits per heavy atom. The number of aryl methyl sites for hydroxylation is 1. The molecule has 2 N–H and O–H groups in total. The number of amides is 1. The molecule has 3 rings (SSSR count). The van der Waals surface area contributed by atoms with Gasteiger partial charge in [0, 0.05) is 19.6 Å². The summed E-state index contributed by atoms with van der Waals surface area (Å²) in [6.07, 6.45) is 4.25. The normalized spacial score (nSPS) is 17.6. The number of carbonyl (C=O) groups excluding carboxylic acids is 1. The van der Waals surface area contributed by atoms with Crippen molar-refractivity contribution in [3.05, 3.63) is 53.6 Å². The standard InChI is InChI=1S/C15H18N4O/c1-19-10-16-9-14(19)15(20)18-8-13-12-5-3-2-4-11(12)6-7-17-13/h2-5,9-10,13,17H,6-8H2,1H3,(H,18,20). The van der Waals surface area contributed by atoms with Crippen LogP contribution in [0.5, 0.6) is 0 Å². The lowest BCUT2D eigenvalue weighted by molar-refractivity contribution is 0.0941. The molecule has 0 aliphatic carbocycles. The van der Waals surface area contributed by atoms with Gasteiger partial charge >= 0.3 is 0 Å². The van der Waals surface area contributed by atoms with Gasteiger partial charge in [-0.25, -0.2) is 4.98 Å². The summed E-state index contributed by atoms with van der Waals surface area (Å²) in [6, 6.07) is 8.57. The van der Waals surface area contributed by atoms with Crippen molar-refractivity contribution in [2.24, 2.45) is 7.05 Å². The predicted octanol–water partition coefficient (Wildman–Crippen LogP) is 1.04. The van der Waals surface area contributed by atoms with Crippen molar-refractivity contribution in [2.45, 2.75) is 12.5 Å². The predicted molar refractivity (Wildman–Crippen MR) is 76.4 cm³/mol. The Kier molecular flexibility index (Phi) is 3.52. The summed E-state index contributed by atoms with van der Waals surface area (Å²) in [6.45, 7) is 1.53. The Bertz CT molecular complexity index is 620. The number of imidazole rings is 1. The molecule has 0 radical (unpaired) electrons. The van der Waals surface area contributed by atoms with Crippen LogP contribution in [0.15, 0.2) is 36.8 Å². The zero-order valence-corrected chi connectivity index (χ0v) is 11.5. The van der Waals surface area contributed by atoms with Gasteiger partial charge in [0.2, 0.25) is 0 Å². The zero-order valence-electron chi connectivity index (χ0n) is 11.5. The van der Waals surface area contributed by atoms with Crippen molar-refractivity contribution in [2.75, 3.05) is 13.1 Å². The molecule has 2 aromatic rings. The minimum Gasteiger partial charge on any atom is -0.349 e. The van der Waals surface area contributed by atoms with E-state index in [1.54, 1.807) is 17.1 Å². The van der Waals surface area contributed by atoms with Gasteiger partial charge < -0.3 is 15.2 Å². The van der Waals surface area contributed by atoms with Gasteiger partial charge in [-0.2, -0.15) is 0 Å². The third-order valence-corrected chi connectivity index (χ3v) is 3.73. The van der Waals surface area contributed by atoms with E-state index in [4.69, 9.17) is 0 Å². The molecule has 5 heteroatoms. The van der Waals surface area contributed by atoms with E-state index in [9.17, 15) is 4.79 Å². The molecule has 1 aliphatic heterocycles. The molecule has 0 bridgehead atoms. The molecule has 1 unspecified atom stereocenters. The van der Waals surface area contributed by atoms with Crippen molar-refractivity contribution in [3.63, 3.8) is 0 Å². The van der Waals surface area contributed by atoms with Crippen LogP contribution >= 0.6 is 0 Å². The SMILES string of the molecule is Cn1cncc1C(=O)NCC1NCCc2ccccc21. The van der Waals surface area contributed by atoms with Gasteiger partial charge in [-0.3, -0.25) is 4.79 Å². The van der Waals surface area contributed by atoms with Crippen molar-refractivity contribution < 1.29 is 4.79 Å². The molecular weight excluding hydrogens is 252 g/mol. The number of hydrogen-bond donors (Lipinski definition) is 2. The fourth-order valence-electron chi connectivity index (χ4n) is 2.64. The van der Waals surface area contributed by atoms with Gasteiger partial charge in [-0.05, 0) is 24.1 Å². The number of hydrogen-bond acceptors (Lipinski definition) is 3. The van der Waals surface area contributed by atoms with Crippen LogP contribution < -0.4 is 10.6 Å². The molecule has 104 valence electrons. The summed E-state index contributed by atoms with van der Waals surface area (Å²) in [7, 11) is 1.82. The fourth-order valence-corrected chi connectivity index (χ4v) is 2.64. The van der Waals surface area contributed by atoms with Gasteiger partial charge in [0.25, 0.3) is 5.91 Å². The fraction of sp³-hybridized carbons (Fsp3) is 0.333. The highest BCUT2D eigenvalue weighted by Crippen LogP contribution is 2.21. The second kappa shape index (κ2) is 5.46. The summed E-state index contributed by atoms with van der Waals surface area (Å²) in [4.78, 5) is 16.0. The van der Waals surface area contributed by atoms with Gasteiger partial charge in [-0.15, -0.1) is 0 Å². The molecular formula is C15H18N4O. The van der Waals surface area contributed by atoms with Crippen molar-refractivity contribution in [1.82, 2.24) is 20.2 Å². The van der Waals surface area contributed by atoms with E-state index < -0.39 is 0 Å². The van der Waals surface area contributed by atoms with Gasteiger partial charge in [0.15, 0.2) is 0 Å². The van der Waals surface area contributed by atoms with Crippen LogP contribution in [0.2, 0.25) is 0 Å². The Balaban J connectivity index is 1.68. The maximum Gasteiger partial charge on any atom is 0.269 e. The average Bonchev–Trinajstić information content (AvgIpc) is 2.91. The third-order valence-electron chi connectivity index (χ3n) is 3.73. The minimum absolute atomic E-state index is 0.0881. The first kappa shape index (κ1) is 12.9. The molecule has 0 saturated carbocycles. The summed E-state index contributed by atoms with van der Waals surface area (Å²) >= 11 is 0. The number of benzene rings is 1. The first-order valence-electron chi connectivity index (χ1n) is 6.81. The van der Waals surface area contributed by atoms with E-state index >= 15 is 0 Å². The van der Waals surface area contributed by atoms with Crippen LogP contribution in [-0.2, 0) is 13.5 Å². The lowest BCUT2D eigenvalue weighted by Crippen LogP contribution is -2.39. The number of nitrogens with zero attached hydrogens (tertiary/aromatic N) is 2. The van der Waals surface area contributed by atoms with E-state index in [1.807, 2.05) is 13.1 Å².